The van der Waals surface area contributed by atoms with Gasteiger partial charge in [0.2, 0.25) is 5.91 Å². The number of amides is 1. The zero-order valence-corrected chi connectivity index (χ0v) is 9.62. The first-order valence-electron chi connectivity index (χ1n) is 5.36. The maximum absolute atomic E-state index is 11.6. The lowest BCUT2D eigenvalue weighted by Gasteiger charge is -2.36. The van der Waals surface area contributed by atoms with E-state index in [0.29, 0.717) is 0 Å². The summed E-state index contributed by atoms with van der Waals surface area (Å²) in [6.07, 6.45) is 3.34. The minimum Gasteiger partial charge on any atom is -0.275 e. The predicted molar refractivity (Wildman–Crippen MR) is 55.4 cm³/mol. The lowest BCUT2D eigenvalue weighted by atomic mass is 9.71. The topological polar surface area (TPSA) is 29.5 Å². The van der Waals surface area contributed by atoms with Gasteiger partial charge in [0.1, 0.15) is 0 Å². The maximum Gasteiger partial charge on any atom is 0.248 e. The number of carbonyl (C=O) groups is 1. The van der Waals surface area contributed by atoms with Crippen LogP contribution in [0, 0.1) is 17.8 Å². The monoisotopic (exact) mass is 199 g/mol. The second-order valence-electron chi connectivity index (χ2n) is 4.68. The van der Waals surface area contributed by atoms with Gasteiger partial charge in [-0.05, 0) is 31.1 Å². The Morgan fingerprint density at radius 1 is 1.50 bits per heavy atom. The molecule has 0 aromatic carbocycles. The molecule has 1 rings (SSSR count). The Balaban J connectivity index is 2.24. The molecule has 0 N–H and O–H groups in total. The third-order valence-corrected chi connectivity index (χ3v) is 2.97. The molecule has 0 radical (unpaired) electrons. The number of rotatable bonds is 4. The van der Waals surface area contributed by atoms with Crippen molar-refractivity contribution in [2.24, 2.45) is 17.8 Å². The molecule has 0 bridgehead atoms. The fourth-order valence-electron chi connectivity index (χ4n) is 2.14. The van der Waals surface area contributed by atoms with Crippen LogP contribution in [0.2, 0.25) is 0 Å². The van der Waals surface area contributed by atoms with E-state index >= 15 is 0 Å². The van der Waals surface area contributed by atoms with Gasteiger partial charge in [-0.2, -0.15) is 0 Å². The highest BCUT2D eigenvalue weighted by Crippen LogP contribution is 2.38. The first-order valence-corrected chi connectivity index (χ1v) is 5.36. The molecule has 82 valence electrons. The van der Waals surface area contributed by atoms with Crippen LogP contribution in [0.3, 0.4) is 0 Å². The van der Waals surface area contributed by atoms with E-state index in [4.69, 9.17) is 4.84 Å². The third kappa shape index (κ3) is 2.71. The Bertz CT molecular complexity index is 197. The van der Waals surface area contributed by atoms with Gasteiger partial charge in [-0.3, -0.25) is 9.63 Å². The molecule has 1 aliphatic rings. The van der Waals surface area contributed by atoms with Crippen LogP contribution in [-0.2, 0) is 9.63 Å². The predicted octanol–water partition coefficient (Wildman–Crippen LogP) is 2.08. The van der Waals surface area contributed by atoms with E-state index < -0.39 is 0 Å². The Kier molecular flexibility index (Phi) is 3.93. The molecule has 0 aromatic heterocycles. The van der Waals surface area contributed by atoms with Gasteiger partial charge < -0.3 is 0 Å². The number of hydrogen-bond donors (Lipinski definition) is 0. The molecule has 0 aliphatic heterocycles. The van der Waals surface area contributed by atoms with Crippen LogP contribution in [0.5, 0.6) is 0 Å². The molecule has 1 fully saturated rings. The molecule has 3 heteroatoms. The standard InChI is InChI=1S/C11H21NO2/c1-8(2)5-9-6-10(7-9)11(13)12(3)14-4/h8-10H,5-7H2,1-4H3. The minimum atomic E-state index is 0.132. The van der Waals surface area contributed by atoms with Crippen LogP contribution in [0.1, 0.15) is 33.1 Å². The van der Waals surface area contributed by atoms with Crippen LogP contribution in [0.4, 0.5) is 0 Å². The summed E-state index contributed by atoms with van der Waals surface area (Å²) < 4.78 is 0. The van der Waals surface area contributed by atoms with Crippen LogP contribution >= 0.6 is 0 Å². The largest absolute Gasteiger partial charge is 0.275 e. The summed E-state index contributed by atoms with van der Waals surface area (Å²) in [4.78, 5) is 16.5. The molecule has 0 aromatic rings. The van der Waals surface area contributed by atoms with E-state index in [9.17, 15) is 4.79 Å². The second-order valence-corrected chi connectivity index (χ2v) is 4.68. The Morgan fingerprint density at radius 2 is 2.07 bits per heavy atom. The van der Waals surface area contributed by atoms with Gasteiger partial charge >= 0.3 is 0 Å². The summed E-state index contributed by atoms with van der Waals surface area (Å²) in [6.45, 7) is 4.47. The van der Waals surface area contributed by atoms with E-state index in [2.05, 4.69) is 13.8 Å². The van der Waals surface area contributed by atoms with Crippen molar-refractivity contribution in [3.05, 3.63) is 0 Å². The second kappa shape index (κ2) is 4.78. The molecule has 1 saturated carbocycles. The first-order chi connectivity index (χ1) is 6.54. The molecule has 3 nitrogen and oxygen atoms in total. The molecule has 0 atom stereocenters. The van der Waals surface area contributed by atoms with Crippen LogP contribution < -0.4 is 0 Å². The summed E-state index contributed by atoms with van der Waals surface area (Å²) in [7, 11) is 3.21. The SMILES string of the molecule is CON(C)C(=O)C1CC(CC(C)C)C1. The lowest BCUT2D eigenvalue weighted by molar-refractivity contribution is -0.178. The fourth-order valence-corrected chi connectivity index (χ4v) is 2.14. The molecule has 0 saturated heterocycles. The molecule has 0 spiro atoms. The Hall–Kier alpha value is -0.570. The third-order valence-electron chi connectivity index (χ3n) is 2.97. The van der Waals surface area contributed by atoms with Crippen LogP contribution in [0.25, 0.3) is 0 Å². The van der Waals surface area contributed by atoms with Gasteiger partial charge in [-0.1, -0.05) is 13.8 Å². The van der Waals surface area contributed by atoms with Crippen molar-refractivity contribution in [1.82, 2.24) is 5.06 Å². The van der Waals surface area contributed by atoms with E-state index in [-0.39, 0.29) is 11.8 Å². The minimum absolute atomic E-state index is 0.132. The van der Waals surface area contributed by atoms with E-state index in [1.807, 2.05) is 0 Å². The van der Waals surface area contributed by atoms with Gasteiger partial charge in [0.15, 0.2) is 0 Å². The van der Waals surface area contributed by atoms with Gasteiger partial charge in [0, 0.05) is 13.0 Å². The quantitative estimate of drug-likeness (QED) is 0.649. The highest BCUT2D eigenvalue weighted by molar-refractivity contribution is 5.78. The van der Waals surface area contributed by atoms with Crippen molar-refractivity contribution >= 4 is 5.91 Å². The lowest BCUT2D eigenvalue weighted by Crippen LogP contribution is -2.39. The van der Waals surface area contributed by atoms with E-state index in [0.717, 1.165) is 24.7 Å². The highest BCUT2D eigenvalue weighted by atomic mass is 16.7. The van der Waals surface area contributed by atoms with Gasteiger partial charge in [0.05, 0.1) is 7.11 Å². The Labute approximate surface area is 86.4 Å². The number of hydrogen-bond acceptors (Lipinski definition) is 2. The highest BCUT2D eigenvalue weighted by Gasteiger charge is 2.36. The molecule has 14 heavy (non-hydrogen) atoms. The van der Waals surface area contributed by atoms with Crippen LogP contribution in [0.15, 0.2) is 0 Å². The summed E-state index contributed by atoms with van der Waals surface area (Å²) in [5.74, 6) is 1.85. The maximum atomic E-state index is 11.6. The molecule has 0 heterocycles. The smallest absolute Gasteiger partial charge is 0.248 e. The summed E-state index contributed by atoms with van der Waals surface area (Å²) in [5, 5.41) is 1.34. The average molecular weight is 199 g/mol. The molecular weight excluding hydrogens is 178 g/mol. The molecule has 0 unspecified atom stereocenters. The number of hydroxylamine groups is 2. The van der Waals surface area contributed by atoms with Gasteiger partial charge in [-0.15, -0.1) is 0 Å². The number of nitrogens with zero attached hydrogens (tertiary/aromatic N) is 1. The zero-order chi connectivity index (χ0) is 10.7. The van der Waals surface area contributed by atoms with E-state index in [1.54, 1.807) is 7.05 Å². The normalized spacial score (nSPS) is 26.1. The average Bonchev–Trinajstić information content (AvgIpc) is 2.07. The van der Waals surface area contributed by atoms with Crippen molar-refractivity contribution in [2.75, 3.05) is 14.2 Å². The zero-order valence-electron chi connectivity index (χ0n) is 9.62. The van der Waals surface area contributed by atoms with Gasteiger partial charge in [0.25, 0.3) is 0 Å². The van der Waals surface area contributed by atoms with Crippen molar-refractivity contribution in [3.63, 3.8) is 0 Å². The van der Waals surface area contributed by atoms with Crippen molar-refractivity contribution in [2.45, 2.75) is 33.1 Å². The van der Waals surface area contributed by atoms with Crippen molar-refractivity contribution < 1.29 is 9.63 Å². The fraction of sp³-hybridized carbons (Fsp3) is 0.909. The van der Waals surface area contributed by atoms with Gasteiger partial charge in [-0.25, -0.2) is 5.06 Å². The first kappa shape index (κ1) is 11.5. The number of carbonyl (C=O) groups excluding carboxylic acids is 1. The molecule has 1 amide bonds. The Morgan fingerprint density at radius 3 is 2.50 bits per heavy atom. The molecule has 1 aliphatic carbocycles. The van der Waals surface area contributed by atoms with Crippen molar-refractivity contribution in [3.8, 4) is 0 Å². The van der Waals surface area contributed by atoms with E-state index in [1.165, 1.54) is 18.6 Å². The molecular formula is C11H21NO2. The summed E-state index contributed by atoms with van der Waals surface area (Å²) in [5.41, 5.74) is 0. The van der Waals surface area contributed by atoms with Crippen molar-refractivity contribution in [1.29, 1.82) is 0 Å². The van der Waals surface area contributed by atoms with Crippen LogP contribution in [-0.4, -0.2) is 25.1 Å². The summed E-state index contributed by atoms with van der Waals surface area (Å²) >= 11 is 0. The summed E-state index contributed by atoms with van der Waals surface area (Å²) in [6, 6.07) is 0.